The molecule has 1 atom stereocenters. The molecule has 6 nitrogen and oxygen atoms in total. The van der Waals surface area contributed by atoms with Crippen LogP contribution in [0.2, 0.25) is 0 Å². The maximum absolute atomic E-state index is 4.97. The average Bonchev–Trinajstić information content (AvgIpc) is 3.30. The minimum Gasteiger partial charge on any atom is -0.311 e. The molecule has 1 unspecified atom stereocenters. The number of nitrogens with zero attached hydrogens (tertiary/aromatic N) is 6. The van der Waals surface area contributed by atoms with Crippen LogP contribution in [0.1, 0.15) is 84.1 Å². The lowest BCUT2D eigenvalue weighted by Crippen LogP contribution is -2.24. The molecule has 0 aliphatic carbocycles. The van der Waals surface area contributed by atoms with Gasteiger partial charge in [-0.3, -0.25) is 4.68 Å². The molecule has 0 radical (unpaired) electrons. The lowest BCUT2D eigenvalue weighted by molar-refractivity contribution is 0.354. The molecule has 6 heteroatoms. The molecule has 4 aromatic rings. The highest BCUT2D eigenvalue weighted by Crippen LogP contribution is 2.33. The second kappa shape index (κ2) is 7.49. The molecule has 3 aromatic heterocycles. The lowest BCUT2D eigenvalue weighted by Gasteiger charge is -2.28. The number of hydrogen-bond acceptors (Lipinski definition) is 4. The Bertz CT molecular complexity index is 1180. The molecular formula is C24H32N6. The zero-order valence-corrected chi connectivity index (χ0v) is 19.1. The summed E-state index contributed by atoms with van der Waals surface area (Å²) in [6.45, 7) is 15.4. The van der Waals surface area contributed by atoms with E-state index in [1.165, 1.54) is 16.5 Å². The van der Waals surface area contributed by atoms with Crippen molar-refractivity contribution in [3.05, 3.63) is 48.2 Å². The molecule has 1 aromatic carbocycles. The first-order valence-corrected chi connectivity index (χ1v) is 10.8. The van der Waals surface area contributed by atoms with E-state index in [0.717, 1.165) is 17.8 Å². The monoisotopic (exact) mass is 404 g/mol. The van der Waals surface area contributed by atoms with Gasteiger partial charge in [0.1, 0.15) is 0 Å². The van der Waals surface area contributed by atoms with E-state index < -0.39 is 0 Å². The van der Waals surface area contributed by atoms with Gasteiger partial charge in [0.15, 0.2) is 11.3 Å². The number of fused-ring (bicyclic) bond motifs is 2. The Hall–Kier alpha value is -2.76. The fourth-order valence-corrected chi connectivity index (χ4v) is 4.21. The van der Waals surface area contributed by atoms with E-state index in [0.29, 0.717) is 17.6 Å². The third-order valence-electron chi connectivity index (χ3n) is 6.05. The number of aromatic nitrogens is 6. The zero-order chi connectivity index (χ0) is 21.6. The van der Waals surface area contributed by atoms with Crippen molar-refractivity contribution in [3.63, 3.8) is 0 Å². The minimum atomic E-state index is -0.152. The van der Waals surface area contributed by atoms with Crippen LogP contribution in [-0.2, 0) is 5.41 Å². The first kappa shape index (κ1) is 20.5. The van der Waals surface area contributed by atoms with Crippen LogP contribution in [0, 0.1) is 0 Å². The second-order valence-corrected chi connectivity index (χ2v) is 9.65. The van der Waals surface area contributed by atoms with Crippen LogP contribution >= 0.6 is 0 Å². The number of benzene rings is 1. The fourth-order valence-electron chi connectivity index (χ4n) is 4.21. The average molecular weight is 405 g/mol. The first-order valence-electron chi connectivity index (χ1n) is 10.8. The summed E-state index contributed by atoms with van der Waals surface area (Å²) >= 11 is 0. The Morgan fingerprint density at radius 1 is 1.00 bits per heavy atom. The van der Waals surface area contributed by atoms with E-state index >= 15 is 0 Å². The third kappa shape index (κ3) is 3.59. The van der Waals surface area contributed by atoms with E-state index in [2.05, 4.69) is 85.9 Å². The van der Waals surface area contributed by atoms with Gasteiger partial charge in [-0.15, -0.1) is 0 Å². The van der Waals surface area contributed by atoms with E-state index in [9.17, 15) is 0 Å². The van der Waals surface area contributed by atoms with Crippen molar-refractivity contribution in [2.75, 3.05) is 0 Å². The lowest BCUT2D eigenvalue weighted by atomic mass is 9.83. The first-order chi connectivity index (χ1) is 14.2. The molecule has 158 valence electrons. The fraction of sp³-hybridized carbons (Fsp3) is 0.500. The summed E-state index contributed by atoms with van der Waals surface area (Å²) in [6, 6.07) is 7.19. The Morgan fingerprint density at radius 3 is 2.47 bits per heavy atom. The minimum absolute atomic E-state index is 0.152. The molecule has 0 aliphatic rings. The van der Waals surface area contributed by atoms with E-state index in [1.54, 1.807) is 0 Å². The van der Waals surface area contributed by atoms with Crippen molar-refractivity contribution < 1.29 is 0 Å². The van der Waals surface area contributed by atoms with Crippen LogP contribution in [0.25, 0.3) is 22.2 Å². The third-order valence-corrected chi connectivity index (χ3v) is 6.05. The largest absolute Gasteiger partial charge is 0.311 e. The summed E-state index contributed by atoms with van der Waals surface area (Å²) in [4.78, 5) is 14.0. The number of rotatable bonds is 6. The summed E-state index contributed by atoms with van der Waals surface area (Å²) in [5.41, 5.74) is 4.94. The Kier molecular flexibility index (Phi) is 5.12. The van der Waals surface area contributed by atoms with Crippen LogP contribution < -0.4 is 0 Å². The van der Waals surface area contributed by atoms with Crippen molar-refractivity contribution in [3.8, 4) is 0 Å². The maximum atomic E-state index is 4.97. The number of hydrogen-bond donors (Lipinski definition) is 0. The van der Waals surface area contributed by atoms with Crippen molar-refractivity contribution in [1.29, 1.82) is 0 Å². The Labute approximate surface area is 178 Å². The SMILES string of the molecule is CC(C)c1ccc2cnn(C(C)CC(C)(C)c3cnc4ncn(C(C)C)c4n3)c2c1. The van der Waals surface area contributed by atoms with Crippen molar-refractivity contribution in [2.45, 2.75) is 78.3 Å². The zero-order valence-electron chi connectivity index (χ0n) is 19.1. The summed E-state index contributed by atoms with van der Waals surface area (Å²) in [6.07, 6.45) is 6.59. The highest BCUT2D eigenvalue weighted by Gasteiger charge is 2.28. The molecule has 0 N–H and O–H groups in total. The molecule has 30 heavy (non-hydrogen) atoms. The van der Waals surface area contributed by atoms with Gasteiger partial charge < -0.3 is 4.57 Å². The summed E-state index contributed by atoms with van der Waals surface area (Å²) in [7, 11) is 0. The van der Waals surface area contributed by atoms with Crippen LogP contribution in [0.4, 0.5) is 0 Å². The standard InChI is InChI=1S/C24H32N6/c1-15(2)18-8-9-19-12-27-30(20(19)10-18)17(5)11-24(6,7)21-13-25-22-23(28-21)29(14-26-22)16(3)4/h8-10,12-17H,11H2,1-7H3. The summed E-state index contributed by atoms with van der Waals surface area (Å²) in [5, 5.41) is 5.91. The molecule has 3 heterocycles. The molecule has 0 aliphatic heterocycles. The van der Waals surface area contributed by atoms with E-state index in [-0.39, 0.29) is 11.5 Å². The van der Waals surface area contributed by atoms with E-state index in [1.807, 2.05) is 18.7 Å². The molecule has 0 amide bonds. The Balaban J connectivity index is 1.66. The van der Waals surface area contributed by atoms with Gasteiger partial charge in [-0.1, -0.05) is 39.8 Å². The van der Waals surface area contributed by atoms with Gasteiger partial charge in [0, 0.05) is 16.8 Å². The molecular weight excluding hydrogens is 372 g/mol. The quantitative estimate of drug-likeness (QED) is 0.407. The topological polar surface area (TPSA) is 61.4 Å². The van der Waals surface area contributed by atoms with Gasteiger partial charge >= 0.3 is 0 Å². The molecule has 0 fully saturated rings. The van der Waals surface area contributed by atoms with Gasteiger partial charge in [-0.05, 0) is 44.7 Å². The maximum Gasteiger partial charge on any atom is 0.197 e. The van der Waals surface area contributed by atoms with Crippen LogP contribution in [0.15, 0.2) is 36.9 Å². The van der Waals surface area contributed by atoms with Gasteiger partial charge in [0.2, 0.25) is 0 Å². The van der Waals surface area contributed by atoms with Crippen LogP contribution in [-0.4, -0.2) is 29.3 Å². The molecule has 4 rings (SSSR count). The molecule has 0 saturated heterocycles. The van der Waals surface area contributed by atoms with Gasteiger partial charge in [0.25, 0.3) is 0 Å². The van der Waals surface area contributed by atoms with Crippen molar-refractivity contribution >= 4 is 22.2 Å². The molecule has 0 saturated carbocycles. The van der Waals surface area contributed by atoms with Gasteiger partial charge in [0.05, 0.1) is 36.0 Å². The molecule has 0 spiro atoms. The van der Waals surface area contributed by atoms with Gasteiger partial charge in [-0.25, -0.2) is 15.0 Å². The van der Waals surface area contributed by atoms with E-state index in [4.69, 9.17) is 10.1 Å². The van der Waals surface area contributed by atoms with Crippen molar-refractivity contribution in [2.24, 2.45) is 0 Å². The molecule has 0 bridgehead atoms. The predicted molar refractivity (Wildman–Crippen MR) is 122 cm³/mol. The van der Waals surface area contributed by atoms with Gasteiger partial charge in [-0.2, -0.15) is 5.10 Å². The normalized spacial score (nSPS) is 13.8. The smallest absolute Gasteiger partial charge is 0.197 e. The van der Waals surface area contributed by atoms with Crippen LogP contribution in [0.3, 0.4) is 0 Å². The van der Waals surface area contributed by atoms with Crippen LogP contribution in [0.5, 0.6) is 0 Å². The highest BCUT2D eigenvalue weighted by molar-refractivity contribution is 5.79. The number of imidazole rings is 1. The Morgan fingerprint density at radius 2 is 1.77 bits per heavy atom. The second-order valence-electron chi connectivity index (χ2n) is 9.65. The highest BCUT2D eigenvalue weighted by atomic mass is 15.3. The van der Waals surface area contributed by atoms with Crippen molar-refractivity contribution in [1.82, 2.24) is 29.3 Å². The summed E-state index contributed by atoms with van der Waals surface area (Å²) in [5.74, 6) is 0.498. The predicted octanol–water partition coefficient (Wildman–Crippen LogP) is 5.81. The summed E-state index contributed by atoms with van der Waals surface area (Å²) < 4.78 is 4.24.